The maximum atomic E-state index is 5.16. The first kappa shape index (κ1) is 8.38. The third-order valence-corrected chi connectivity index (χ3v) is 0.974. The predicted octanol–water partition coefficient (Wildman–Crippen LogP) is -1.09. The van der Waals surface area contributed by atoms with Gasteiger partial charge in [0.2, 0.25) is 0 Å². The Kier molecular flexibility index (Phi) is 3.18. The Balaban J connectivity index is 3.63. The van der Waals surface area contributed by atoms with Crippen LogP contribution >= 0.6 is 24.4 Å². The standard InChI is InChI=1S/C3H8N4S2/c1-7(3(5)9)6-2(4)8/h1H3,(H2,5,9)(H3,4,6,8). The van der Waals surface area contributed by atoms with Gasteiger partial charge in [-0.05, 0) is 24.4 Å². The van der Waals surface area contributed by atoms with Crippen LogP contribution in [0.3, 0.4) is 0 Å². The normalized spacial score (nSPS) is 8.11. The van der Waals surface area contributed by atoms with Gasteiger partial charge in [0.1, 0.15) is 0 Å². The fraction of sp³-hybridized carbons (Fsp3) is 0.333. The molecular formula is C3H8N4S2. The third kappa shape index (κ3) is 3.92. The summed E-state index contributed by atoms with van der Waals surface area (Å²) in [4.78, 5) is 0. The van der Waals surface area contributed by atoms with Gasteiger partial charge in [0.25, 0.3) is 0 Å². The molecule has 0 saturated carbocycles. The van der Waals surface area contributed by atoms with E-state index < -0.39 is 0 Å². The lowest BCUT2D eigenvalue weighted by Gasteiger charge is -2.16. The van der Waals surface area contributed by atoms with E-state index in [-0.39, 0.29) is 10.2 Å². The molecule has 0 aromatic carbocycles. The van der Waals surface area contributed by atoms with Crippen molar-refractivity contribution >= 4 is 34.7 Å². The highest BCUT2D eigenvalue weighted by Gasteiger charge is 1.95. The van der Waals surface area contributed by atoms with Crippen molar-refractivity contribution in [2.24, 2.45) is 11.5 Å². The summed E-state index contributed by atoms with van der Waals surface area (Å²) >= 11 is 9.06. The number of rotatable bonds is 0. The average Bonchev–Trinajstić information content (AvgIpc) is 1.63. The van der Waals surface area contributed by atoms with E-state index in [2.05, 4.69) is 29.9 Å². The second-order valence-corrected chi connectivity index (χ2v) is 2.23. The molecule has 0 heterocycles. The van der Waals surface area contributed by atoms with Crippen LogP contribution in [0.15, 0.2) is 0 Å². The SMILES string of the molecule is CN(NC(N)=S)C(N)=S. The first-order valence-electron chi connectivity index (χ1n) is 2.13. The lowest BCUT2D eigenvalue weighted by atomic mass is 11.0. The van der Waals surface area contributed by atoms with E-state index in [0.29, 0.717) is 0 Å². The van der Waals surface area contributed by atoms with Crippen molar-refractivity contribution < 1.29 is 0 Å². The number of hydrogen-bond acceptors (Lipinski definition) is 2. The Morgan fingerprint density at radius 3 is 2.00 bits per heavy atom. The van der Waals surface area contributed by atoms with Gasteiger partial charge in [-0.1, -0.05) is 0 Å². The number of hydrogen-bond donors (Lipinski definition) is 3. The molecule has 0 aliphatic rings. The second-order valence-electron chi connectivity index (χ2n) is 1.37. The van der Waals surface area contributed by atoms with Crippen LogP contribution < -0.4 is 16.9 Å². The lowest BCUT2D eigenvalue weighted by molar-refractivity contribution is 0.462. The maximum Gasteiger partial charge on any atom is 0.184 e. The van der Waals surface area contributed by atoms with Crippen LogP contribution in [0.2, 0.25) is 0 Å². The van der Waals surface area contributed by atoms with Crippen LogP contribution in [0, 0.1) is 0 Å². The number of hydrazine groups is 1. The zero-order valence-corrected chi connectivity index (χ0v) is 6.55. The van der Waals surface area contributed by atoms with E-state index in [9.17, 15) is 0 Å². The van der Waals surface area contributed by atoms with Gasteiger partial charge < -0.3 is 11.5 Å². The summed E-state index contributed by atoms with van der Waals surface area (Å²) in [6.07, 6.45) is 0. The van der Waals surface area contributed by atoms with Crippen molar-refractivity contribution in [3.05, 3.63) is 0 Å². The molecule has 9 heavy (non-hydrogen) atoms. The zero-order valence-electron chi connectivity index (χ0n) is 4.92. The summed E-state index contributed by atoms with van der Waals surface area (Å²) in [6.45, 7) is 0. The van der Waals surface area contributed by atoms with Gasteiger partial charge in [-0.15, -0.1) is 0 Å². The van der Waals surface area contributed by atoms with Gasteiger partial charge in [-0.2, -0.15) is 0 Å². The van der Waals surface area contributed by atoms with E-state index in [1.54, 1.807) is 7.05 Å². The fourth-order valence-electron chi connectivity index (χ4n) is 0.220. The molecule has 0 rings (SSSR count). The van der Waals surface area contributed by atoms with Crippen LogP contribution in [-0.4, -0.2) is 22.3 Å². The van der Waals surface area contributed by atoms with Crippen molar-refractivity contribution in [2.75, 3.05) is 7.05 Å². The van der Waals surface area contributed by atoms with E-state index >= 15 is 0 Å². The van der Waals surface area contributed by atoms with Crippen molar-refractivity contribution in [3.8, 4) is 0 Å². The average molecular weight is 164 g/mol. The molecule has 0 aliphatic carbocycles. The van der Waals surface area contributed by atoms with Crippen LogP contribution in [-0.2, 0) is 0 Å². The third-order valence-electron chi connectivity index (χ3n) is 0.608. The van der Waals surface area contributed by atoms with Gasteiger partial charge in [0, 0.05) is 7.05 Å². The summed E-state index contributed by atoms with van der Waals surface area (Å²) in [5, 5.41) is 1.70. The molecule has 4 nitrogen and oxygen atoms in total. The van der Waals surface area contributed by atoms with Gasteiger partial charge in [0.05, 0.1) is 0 Å². The van der Waals surface area contributed by atoms with Crippen molar-refractivity contribution in [1.29, 1.82) is 0 Å². The van der Waals surface area contributed by atoms with Crippen molar-refractivity contribution in [2.45, 2.75) is 0 Å². The van der Waals surface area contributed by atoms with Crippen molar-refractivity contribution in [3.63, 3.8) is 0 Å². The summed E-state index contributed by atoms with van der Waals surface area (Å²) in [5.74, 6) is 0. The monoisotopic (exact) mass is 164 g/mol. The Bertz CT molecular complexity index is 134. The molecule has 0 radical (unpaired) electrons. The minimum Gasteiger partial charge on any atom is -0.375 e. The fourth-order valence-corrected chi connectivity index (χ4v) is 0.403. The van der Waals surface area contributed by atoms with Crippen LogP contribution in [0.25, 0.3) is 0 Å². The first-order valence-corrected chi connectivity index (χ1v) is 2.95. The molecule has 0 aromatic rings. The summed E-state index contributed by atoms with van der Waals surface area (Å²) in [5.41, 5.74) is 12.8. The first-order chi connectivity index (χ1) is 4.04. The summed E-state index contributed by atoms with van der Waals surface area (Å²) in [6, 6.07) is 0. The smallest absolute Gasteiger partial charge is 0.184 e. The van der Waals surface area contributed by atoms with Gasteiger partial charge in [-0.25, -0.2) is 0 Å². The highest BCUT2D eigenvalue weighted by atomic mass is 32.1. The van der Waals surface area contributed by atoms with E-state index in [1.807, 2.05) is 0 Å². The molecule has 0 aliphatic heterocycles. The van der Waals surface area contributed by atoms with E-state index in [4.69, 9.17) is 11.5 Å². The maximum absolute atomic E-state index is 5.16. The predicted molar refractivity (Wildman–Crippen MR) is 44.5 cm³/mol. The topological polar surface area (TPSA) is 67.3 Å². The van der Waals surface area contributed by atoms with Crippen LogP contribution in [0.4, 0.5) is 0 Å². The van der Waals surface area contributed by atoms with Gasteiger partial charge in [-0.3, -0.25) is 10.4 Å². The minimum absolute atomic E-state index is 0.144. The quantitative estimate of drug-likeness (QED) is 0.312. The molecule has 0 fully saturated rings. The Labute approximate surface area is 64.1 Å². The molecule has 0 bridgehead atoms. The molecular weight excluding hydrogens is 156 g/mol. The molecule has 0 saturated heterocycles. The molecule has 6 heteroatoms. The second kappa shape index (κ2) is 3.41. The molecule has 5 N–H and O–H groups in total. The number of nitrogens with one attached hydrogen (secondary N) is 1. The van der Waals surface area contributed by atoms with Crippen LogP contribution in [0.5, 0.6) is 0 Å². The highest BCUT2D eigenvalue weighted by molar-refractivity contribution is 7.80. The van der Waals surface area contributed by atoms with Crippen LogP contribution in [0.1, 0.15) is 0 Å². The summed E-state index contributed by atoms with van der Waals surface area (Å²) in [7, 11) is 1.63. The molecule has 0 amide bonds. The zero-order chi connectivity index (χ0) is 7.44. The highest BCUT2D eigenvalue weighted by Crippen LogP contribution is 1.72. The van der Waals surface area contributed by atoms with Gasteiger partial charge in [0.15, 0.2) is 10.2 Å². The Morgan fingerprint density at radius 2 is 1.89 bits per heavy atom. The lowest BCUT2D eigenvalue weighted by Crippen LogP contribution is -2.47. The molecule has 0 unspecified atom stereocenters. The summed E-state index contributed by atoms with van der Waals surface area (Å²) < 4.78 is 0. The van der Waals surface area contributed by atoms with E-state index in [1.165, 1.54) is 5.01 Å². The number of nitrogens with two attached hydrogens (primary N) is 2. The molecule has 0 spiro atoms. The minimum atomic E-state index is 0.144. The van der Waals surface area contributed by atoms with E-state index in [0.717, 1.165) is 0 Å². The Hall–Kier alpha value is -0.620. The number of thiocarbonyl (C=S) groups is 2. The molecule has 0 atom stereocenters. The van der Waals surface area contributed by atoms with Crippen molar-refractivity contribution in [1.82, 2.24) is 10.4 Å². The van der Waals surface area contributed by atoms with Gasteiger partial charge >= 0.3 is 0 Å². The largest absolute Gasteiger partial charge is 0.375 e. The molecule has 52 valence electrons. The molecule has 0 aromatic heterocycles. The number of nitrogens with zero attached hydrogens (tertiary/aromatic N) is 1. The Morgan fingerprint density at radius 1 is 1.44 bits per heavy atom.